The van der Waals surface area contributed by atoms with Crippen LogP contribution in [0.1, 0.15) is 78.6 Å². The normalized spacial score (nSPS) is 45.3. The van der Waals surface area contributed by atoms with Crippen LogP contribution >= 0.6 is 11.3 Å². The summed E-state index contributed by atoms with van der Waals surface area (Å²) in [6, 6.07) is 3.45. The monoisotopic (exact) mass is 568 g/mol. The van der Waals surface area contributed by atoms with Gasteiger partial charge < -0.3 is 4.79 Å². The molecule has 5 aliphatic rings. The highest BCUT2D eigenvalue weighted by Crippen LogP contribution is 2.70. The van der Waals surface area contributed by atoms with Gasteiger partial charge in [-0.1, -0.05) is 51.5 Å². The molecule has 2 heterocycles. The molecule has 212 valence electrons. The number of hydrogen-bond donors (Lipinski definition) is 1. The third-order valence-corrected chi connectivity index (χ3v) is 15.1. The number of thiophene rings is 1. The van der Waals surface area contributed by atoms with Gasteiger partial charge in [0, 0.05) is 18.2 Å². The Morgan fingerprint density at radius 2 is 1.74 bits per heavy atom. The van der Waals surface area contributed by atoms with Crippen LogP contribution in [0.15, 0.2) is 51.0 Å². The number of aliphatic imine (C=N–C) groups is 1. The Hall–Kier alpha value is -1.57. The van der Waals surface area contributed by atoms with Crippen molar-refractivity contribution in [3.63, 3.8) is 0 Å². The van der Waals surface area contributed by atoms with Gasteiger partial charge in [0.05, 0.1) is 5.54 Å². The summed E-state index contributed by atoms with van der Waals surface area (Å²) in [6.07, 6.45) is 21.8. The van der Waals surface area contributed by atoms with Crippen LogP contribution in [0.2, 0.25) is 0 Å². The van der Waals surface area contributed by atoms with E-state index in [-0.39, 0.29) is 28.7 Å². The quantitative estimate of drug-likeness (QED) is 0.382. The molecule has 4 fully saturated rings. The number of nitrogens with one attached hydrogen (secondary N) is 1. The lowest BCUT2D eigenvalue weighted by Gasteiger charge is -2.63. The lowest BCUT2D eigenvalue weighted by Crippen LogP contribution is -2.58. The van der Waals surface area contributed by atoms with Crippen molar-refractivity contribution in [2.45, 2.75) is 88.3 Å². The van der Waals surface area contributed by atoms with Gasteiger partial charge in [0.15, 0.2) is 0 Å². The minimum Gasteiger partial charge on any atom is -0.303 e. The van der Waals surface area contributed by atoms with E-state index in [4.69, 9.17) is 4.99 Å². The van der Waals surface area contributed by atoms with Gasteiger partial charge in [0.1, 0.15) is 10.5 Å². The van der Waals surface area contributed by atoms with Gasteiger partial charge in [-0.05, 0) is 109 Å². The SMILES string of the molecule is CC1(C=O)CCC[C@@]2(C)C1CC[C@@H]1[C@@H]2CC[C@]2(C)C(C3(CNS(=O)(=O)c4cccs4)C=CC=CC=N3)CC[C@@H]12. The summed E-state index contributed by atoms with van der Waals surface area (Å²) in [5.74, 6) is 2.74. The summed E-state index contributed by atoms with van der Waals surface area (Å²) < 4.78 is 29.6. The Kier molecular flexibility index (Phi) is 6.91. The number of sulfonamides is 1. The first-order valence-corrected chi connectivity index (χ1v) is 17.3. The number of carbonyl (C=O) groups is 1. The predicted octanol–water partition coefficient (Wildman–Crippen LogP) is 6.83. The van der Waals surface area contributed by atoms with Crippen LogP contribution < -0.4 is 4.72 Å². The van der Waals surface area contributed by atoms with Crippen LogP contribution in [-0.2, 0) is 14.8 Å². The van der Waals surface area contributed by atoms with Gasteiger partial charge >= 0.3 is 0 Å². The molecule has 5 nitrogen and oxygen atoms in total. The molecule has 4 saturated carbocycles. The second-order valence-corrected chi connectivity index (χ2v) is 16.9. The van der Waals surface area contributed by atoms with E-state index in [0.717, 1.165) is 32.1 Å². The molecule has 0 saturated heterocycles. The number of carbonyl (C=O) groups excluding carboxylic acids is 1. The number of rotatable bonds is 6. The summed E-state index contributed by atoms with van der Waals surface area (Å²) in [6.45, 7) is 7.52. The maximum absolute atomic E-state index is 13.2. The predicted molar refractivity (Wildman–Crippen MR) is 158 cm³/mol. The summed E-state index contributed by atoms with van der Waals surface area (Å²) in [5.41, 5.74) is -0.429. The van der Waals surface area contributed by atoms with Crippen LogP contribution in [0.4, 0.5) is 0 Å². The lowest BCUT2D eigenvalue weighted by atomic mass is 9.41. The molecule has 4 aliphatic carbocycles. The van der Waals surface area contributed by atoms with E-state index in [1.807, 2.05) is 18.4 Å². The lowest BCUT2D eigenvalue weighted by molar-refractivity contribution is -0.157. The van der Waals surface area contributed by atoms with Crippen molar-refractivity contribution in [2.75, 3.05) is 6.54 Å². The molecule has 9 atom stereocenters. The van der Waals surface area contributed by atoms with Crippen molar-refractivity contribution in [2.24, 2.45) is 50.8 Å². The Morgan fingerprint density at radius 1 is 0.974 bits per heavy atom. The third kappa shape index (κ3) is 4.28. The third-order valence-electron chi connectivity index (χ3n) is 12.3. The van der Waals surface area contributed by atoms with Crippen molar-refractivity contribution < 1.29 is 13.2 Å². The average molecular weight is 569 g/mol. The van der Waals surface area contributed by atoms with Crippen LogP contribution in [0.5, 0.6) is 0 Å². The highest BCUT2D eigenvalue weighted by Gasteiger charge is 2.64. The molecule has 1 N–H and O–H groups in total. The molecule has 4 unspecified atom stereocenters. The van der Waals surface area contributed by atoms with Crippen LogP contribution in [0.3, 0.4) is 0 Å². The Bertz CT molecular complexity index is 1270. The highest BCUT2D eigenvalue weighted by atomic mass is 32.2. The van der Waals surface area contributed by atoms with E-state index in [0.29, 0.717) is 27.9 Å². The van der Waals surface area contributed by atoms with Gasteiger partial charge in [-0.2, -0.15) is 0 Å². The largest absolute Gasteiger partial charge is 0.303 e. The van der Waals surface area contributed by atoms with Gasteiger partial charge in [0.2, 0.25) is 10.0 Å². The number of fused-ring (bicyclic) bond motifs is 5. The minimum absolute atomic E-state index is 0.105. The Labute approximate surface area is 238 Å². The molecule has 0 aromatic carbocycles. The molecule has 0 bridgehead atoms. The zero-order chi connectivity index (χ0) is 27.5. The second kappa shape index (κ2) is 9.77. The fraction of sp³-hybridized carbons (Fsp3) is 0.688. The van der Waals surface area contributed by atoms with Crippen molar-refractivity contribution in [1.82, 2.24) is 4.72 Å². The summed E-state index contributed by atoms with van der Waals surface area (Å²) in [5, 5.41) is 1.80. The van der Waals surface area contributed by atoms with Crippen molar-refractivity contribution in [3.8, 4) is 0 Å². The maximum Gasteiger partial charge on any atom is 0.250 e. The van der Waals surface area contributed by atoms with Crippen LogP contribution in [-0.4, -0.2) is 33.0 Å². The first-order valence-electron chi connectivity index (χ1n) is 15.0. The van der Waals surface area contributed by atoms with Crippen molar-refractivity contribution in [1.29, 1.82) is 0 Å². The molecular weight excluding hydrogens is 524 g/mol. The number of allylic oxidation sites excluding steroid dienone is 3. The number of aldehydes is 1. The molecule has 0 amide bonds. The molecular formula is C32H44N2O3S2. The van der Waals surface area contributed by atoms with Crippen LogP contribution in [0.25, 0.3) is 0 Å². The highest BCUT2D eigenvalue weighted by molar-refractivity contribution is 7.91. The molecule has 1 aromatic rings. The summed E-state index contributed by atoms with van der Waals surface area (Å²) in [7, 11) is -3.59. The minimum atomic E-state index is -3.59. The zero-order valence-corrected chi connectivity index (χ0v) is 25.3. The van der Waals surface area contributed by atoms with Gasteiger partial charge in [0.25, 0.3) is 0 Å². The summed E-state index contributed by atoms with van der Waals surface area (Å²) >= 11 is 1.25. The van der Waals surface area contributed by atoms with Crippen molar-refractivity contribution in [3.05, 3.63) is 41.8 Å². The fourth-order valence-electron chi connectivity index (χ4n) is 10.6. The molecule has 1 aliphatic heterocycles. The average Bonchev–Trinajstić information content (AvgIpc) is 3.52. The maximum atomic E-state index is 13.2. The zero-order valence-electron chi connectivity index (χ0n) is 23.6. The van der Waals surface area contributed by atoms with Gasteiger partial charge in [-0.15, -0.1) is 11.3 Å². The molecule has 39 heavy (non-hydrogen) atoms. The smallest absolute Gasteiger partial charge is 0.250 e. The molecule has 0 spiro atoms. The standard InChI is InChI=1S/C32H44N2O3S2/c1-29(22-35)15-8-16-30(2)25-14-18-31(3)24(23(25)10-12-26(29)30)11-13-27(31)32(17-5-4-6-19-33-32)21-34-39(36,37)28-9-7-20-38-28/h4-7,9,17,19-20,22-27,34H,8,10-16,18,21H2,1-3H3/t23-,24-,25-,26?,27?,29?,30+,31-,32?/m0/s1. The molecule has 7 heteroatoms. The van der Waals surface area contributed by atoms with Crippen LogP contribution in [0, 0.1) is 45.8 Å². The molecule has 6 rings (SSSR count). The number of hydrogen-bond acceptors (Lipinski definition) is 5. The Balaban J connectivity index is 1.30. The number of nitrogens with zero attached hydrogens (tertiary/aromatic N) is 1. The van der Waals surface area contributed by atoms with Gasteiger partial charge in [-0.3, -0.25) is 4.99 Å². The molecule has 0 radical (unpaired) electrons. The van der Waals surface area contributed by atoms with E-state index >= 15 is 0 Å². The fourth-order valence-corrected chi connectivity index (χ4v) is 12.7. The van der Waals surface area contributed by atoms with E-state index < -0.39 is 15.6 Å². The Morgan fingerprint density at radius 3 is 2.51 bits per heavy atom. The molecule has 1 aromatic heterocycles. The van der Waals surface area contributed by atoms with Crippen molar-refractivity contribution >= 4 is 33.9 Å². The first kappa shape index (κ1) is 27.6. The van der Waals surface area contributed by atoms with E-state index in [9.17, 15) is 13.2 Å². The van der Waals surface area contributed by atoms with E-state index in [1.54, 1.807) is 17.5 Å². The van der Waals surface area contributed by atoms with E-state index in [2.05, 4.69) is 37.6 Å². The van der Waals surface area contributed by atoms with Gasteiger partial charge in [-0.25, -0.2) is 13.1 Å². The van der Waals surface area contributed by atoms with E-state index in [1.165, 1.54) is 43.3 Å². The second-order valence-electron chi connectivity index (χ2n) is 13.9. The summed E-state index contributed by atoms with van der Waals surface area (Å²) in [4.78, 5) is 17.4. The topological polar surface area (TPSA) is 75.6 Å². The first-order chi connectivity index (χ1) is 18.6.